The second-order valence-electron chi connectivity index (χ2n) is 7.55. The molecule has 2 fully saturated rings. The van der Waals surface area contributed by atoms with E-state index in [1.165, 1.54) is 12.8 Å². The molecule has 2 saturated carbocycles. The van der Waals surface area contributed by atoms with Crippen molar-refractivity contribution in [2.24, 2.45) is 12.5 Å². The van der Waals surface area contributed by atoms with Gasteiger partial charge in [0.2, 0.25) is 0 Å². The van der Waals surface area contributed by atoms with Gasteiger partial charge in [0.05, 0.1) is 17.4 Å². The van der Waals surface area contributed by atoms with Crippen LogP contribution in [0.5, 0.6) is 0 Å². The highest BCUT2D eigenvalue weighted by molar-refractivity contribution is 6.43. The van der Waals surface area contributed by atoms with Crippen LogP contribution in [0.3, 0.4) is 0 Å². The number of Topliss-reactive ketones (excluding diaryl/α,β-unsaturated/α-hetero) is 1. The molecule has 1 spiro atoms. The molecule has 0 aliphatic heterocycles. The quantitative estimate of drug-likeness (QED) is 0.606. The lowest BCUT2D eigenvalue weighted by molar-refractivity contribution is -0.169. The third kappa shape index (κ3) is 2.71. The molecule has 6 heteroatoms. The summed E-state index contributed by atoms with van der Waals surface area (Å²) in [6.45, 7) is 6.32. The largest absolute Gasteiger partial charge is 0.378 e. The number of rotatable bonds is 5. The zero-order chi connectivity index (χ0) is 18.4. The van der Waals surface area contributed by atoms with Crippen molar-refractivity contribution in [1.29, 1.82) is 0 Å². The third-order valence-corrected chi connectivity index (χ3v) is 6.36. The van der Waals surface area contributed by atoms with Crippen LogP contribution in [0.15, 0.2) is 0 Å². The monoisotopic (exact) mass is 347 g/mol. The van der Waals surface area contributed by atoms with Gasteiger partial charge in [0.1, 0.15) is 0 Å². The average Bonchev–Trinajstić information content (AvgIpc) is 3.17. The molecule has 1 amide bonds. The molecule has 6 nitrogen and oxygen atoms in total. The molecule has 25 heavy (non-hydrogen) atoms. The summed E-state index contributed by atoms with van der Waals surface area (Å²) in [7, 11) is 3.56. The van der Waals surface area contributed by atoms with Crippen LogP contribution in [0.2, 0.25) is 0 Å². The Morgan fingerprint density at radius 2 is 1.96 bits per heavy atom. The number of hydrogen-bond donors (Lipinski definition) is 0. The van der Waals surface area contributed by atoms with E-state index >= 15 is 0 Å². The molecule has 0 aromatic carbocycles. The van der Waals surface area contributed by atoms with Crippen LogP contribution < -0.4 is 0 Å². The predicted octanol–water partition coefficient (Wildman–Crippen LogP) is 2.42. The zero-order valence-corrected chi connectivity index (χ0v) is 16.0. The Labute approximate surface area is 149 Å². The predicted molar refractivity (Wildman–Crippen MR) is 94.5 cm³/mol. The summed E-state index contributed by atoms with van der Waals surface area (Å²) in [6.07, 6.45) is 5.57. The fraction of sp³-hybridized carbons (Fsp3) is 0.737. The minimum Gasteiger partial charge on any atom is -0.378 e. The van der Waals surface area contributed by atoms with Crippen molar-refractivity contribution >= 4 is 11.7 Å². The molecule has 0 N–H and O–H groups in total. The van der Waals surface area contributed by atoms with Crippen molar-refractivity contribution in [3.05, 3.63) is 17.0 Å². The van der Waals surface area contributed by atoms with E-state index in [9.17, 15) is 9.59 Å². The number of aryl methyl sites for hydroxylation is 2. The Bertz CT molecular complexity index is 688. The Morgan fingerprint density at radius 1 is 1.32 bits per heavy atom. The van der Waals surface area contributed by atoms with Gasteiger partial charge in [-0.15, -0.1) is 0 Å². The van der Waals surface area contributed by atoms with Gasteiger partial charge >= 0.3 is 0 Å². The molecule has 0 bridgehead atoms. The van der Waals surface area contributed by atoms with Crippen LogP contribution >= 0.6 is 0 Å². The fourth-order valence-corrected chi connectivity index (χ4v) is 4.90. The highest BCUT2D eigenvalue weighted by Crippen LogP contribution is 2.56. The summed E-state index contributed by atoms with van der Waals surface area (Å²) >= 11 is 0. The number of hydrogen-bond acceptors (Lipinski definition) is 4. The van der Waals surface area contributed by atoms with Crippen molar-refractivity contribution in [2.75, 3.05) is 13.7 Å². The number of carbonyl (C=O) groups is 2. The topological polar surface area (TPSA) is 64.4 Å². The second-order valence-corrected chi connectivity index (χ2v) is 7.55. The second kappa shape index (κ2) is 6.56. The molecule has 2 aliphatic rings. The van der Waals surface area contributed by atoms with Crippen LogP contribution in [-0.2, 0) is 16.6 Å². The molecule has 0 radical (unpaired) electrons. The first kappa shape index (κ1) is 18.1. The first-order chi connectivity index (χ1) is 11.8. The summed E-state index contributed by atoms with van der Waals surface area (Å²) in [6, 6.07) is 0.0975. The molecule has 1 aromatic heterocycles. The Balaban J connectivity index is 1.80. The Morgan fingerprint density at radius 3 is 2.48 bits per heavy atom. The van der Waals surface area contributed by atoms with Crippen LogP contribution in [0.25, 0.3) is 0 Å². The van der Waals surface area contributed by atoms with Crippen molar-refractivity contribution in [3.63, 3.8) is 0 Å². The fourth-order valence-electron chi connectivity index (χ4n) is 4.90. The van der Waals surface area contributed by atoms with E-state index in [0.29, 0.717) is 17.9 Å². The van der Waals surface area contributed by atoms with Gasteiger partial charge in [0, 0.05) is 37.9 Å². The molecular formula is C19H29N3O3. The molecule has 0 unspecified atom stereocenters. The number of amides is 1. The lowest BCUT2D eigenvalue weighted by Gasteiger charge is -2.56. The van der Waals surface area contributed by atoms with Crippen LogP contribution in [0, 0.1) is 19.3 Å². The molecule has 3 rings (SSSR count). The maximum Gasteiger partial charge on any atom is 0.295 e. The third-order valence-electron chi connectivity index (χ3n) is 6.36. The summed E-state index contributed by atoms with van der Waals surface area (Å²) in [5, 5.41) is 4.26. The lowest BCUT2D eigenvalue weighted by Crippen LogP contribution is -2.64. The minimum absolute atomic E-state index is 0.0414. The summed E-state index contributed by atoms with van der Waals surface area (Å²) in [5.74, 6) is -0.871. The van der Waals surface area contributed by atoms with E-state index in [2.05, 4.69) is 5.10 Å². The molecular weight excluding hydrogens is 318 g/mol. The number of likely N-dealkylation sites (N-methyl/N-ethyl adjacent to an activating group) is 1. The van der Waals surface area contributed by atoms with Crippen LogP contribution in [0.1, 0.15) is 60.8 Å². The van der Waals surface area contributed by atoms with Gasteiger partial charge in [-0.05, 0) is 40.0 Å². The van der Waals surface area contributed by atoms with Gasteiger partial charge in [-0.3, -0.25) is 14.3 Å². The van der Waals surface area contributed by atoms with Gasteiger partial charge < -0.3 is 9.64 Å². The van der Waals surface area contributed by atoms with Crippen LogP contribution in [0.4, 0.5) is 0 Å². The van der Waals surface area contributed by atoms with Crippen molar-refractivity contribution in [2.45, 2.75) is 65.0 Å². The normalized spacial score (nSPS) is 24.4. The van der Waals surface area contributed by atoms with E-state index < -0.39 is 11.7 Å². The molecule has 2 atom stereocenters. The molecule has 0 saturated heterocycles. The number of aromatic nitrogens is 2. The molecule has 138 valence electrons. The number of carbonyl (C=O) groups excluding carboxylic acids is 2. The van der Waals surface area contributed by atoms with Crippen molar-refractivity contribution in [3.8, 4) is 0 Å². The Kier molecular flexibility index (Phi) is 4.75. The van der Waals surface area contributed by atoms with E-state index in [-0.39, 0.29) is 17.6 Å². The zero-order valence-electron chi connectivity index (χ0n) is 16.0. The van der Waals surface area contributed by atoms with Crippen LogP contribution in [-0.4, -0.2) is 52.2 Å². The first-order valence-corrected chi connectivity index (χ1v) is 9.26. The van der Waals surface area contributed by atoms with Gasteiger partial charge in [-0.25, -0.2) is 0 Å². The smallest absolute Gasteiger partial charge is 0.295 e. The summed E-state index contributed by atoms with van der Waals surface area (Å²) in [4.78, 5) is 27.4. The first-order valence-electron chi connectivity index (χ1n) is 9.26. The van der Waals surface area contributed by atoms with Gasteiger partial charge in [0.15, 0.2) is 0 Å². The standard InChI is InChI=1S/C19H29N3O3/c1-6-25-15-11-14(19(15)9-7-8-10-19)21(4)18(24)17(23)16-12(2)20-22(5)13(16)3/h14-15H,6-11H2,1-5H3/t14-,15+/m0/s1. The highest BCUT2D eigenvalue weighted by Gasteiger charge is 2.59. The average molecular weight is 347 g/mol. The minimum atomic E-state index is -0.446. The maximum atomic E-state index is 12.9. The highest BCUT2D eigenvalue weighted by atomic mass is 16.5. The lowest BCUT2D eigenvalue weighted by atomic mass is 9.60. The summed E-state index contributed by atoms with van der Waals surface area (Å²) in [5.41, 5.74) is 1.84. The molecule has 1 aromatic rings. The van der Waals surface area contributed by atoms with Gasteiger partial charge in [0.25, 0.3) is 11.7 Å². The van der Waals surface area contributed by atoms with E-state index in [0.717, 1.165) is 25.0 Å². The maximum absolute atomic E-state index is 12.9. The SMILES string of the molecule is CCO[C@@H]1C[C@H](N(C)C(=O)C(=O)c2c(C)nn(C)c2C)C12CCCC2. The van der Waals surface area contributed by atoms with Gasteiger partial charge in [-0.1, -0.05) is 12.8 Å². The Hall–Kier alpha value is -1.69. The molecule has 1 heterocycles. The van der Waals surface area contributed by atoms with E-state index in [1.807, 2.05) is 13.8 Å². The molecule has 2 aliphatic carbocycles. The van der Waals surface area contributed by atoms with E-state index in [4.69, 9.17) is 4.74 Å². The summed E-state index contributed by atoms with van der Waals surface area (Å²) < 4.78 is 7.58. The van der Waals surface area contributed by atoms with Crippen molar-refractivity contribution < 1.29 is 14.3 Å². The van der Waals surface area contributed by atoms with Crippen molar-refractivity contribution in [1.82, 2.24) is 14.7 Å². The number of ether oxygens (including phenoxy) is 1. The number of ketones is 1. The number of nitrogens with zero attached hydrogens (tertiary/aromatic N) is 3. The van der Waals surface area contributed by atoms with E-state index in [1.54, 1.807) is 30.6 Å². The van der Waals surface area contributed by atoms with Gasteiger partial charge in [-0.2, -0.15) is 5.10 Å².